The van der Waals surface area contributed by atoms with Gasteiger partial charge in [-0.1, -0.05) is 30.0 Å². The minimum Gasteiger partial charge on any atom is -0.481 e. The molecule has 0 bridgehead atoms. The number of Topliss-reactive ketones (excluding diaryl/α,β-unsaturated/α-hetero) is 1. The van der Waals surface area contributed by atoms with Gasteiger partial charge < -0.3 is 10.1 Å². The Morgan fingerprint density at radius 3 is 2.74 bits per heavy atom. The number of nitrogens with zero attached hydrogens (tertiary/aromatic N) is 1. The van der Waals surface area contributed by atoms with Crippen LogP contribution in [0.3, 0.4) is 0 Å². The summed E-state index contributed by atoms with van der Waals surface area (Å²) in [4.78, 5) is 29.5. The van der Waals surface area contributed by atoms with Gasteiger partial charge >= 0.3 is 0 Å². The van der Waals surface area contributed by atoms with E-state index in [4.69, 9.17) is 4.74 Å². The van der Waals surface area contributed by atoms with Gasteiger partial charge in [0.25, 0.3) is 5.91 Å². The Hall–Kier alpha value is -4.24. The molecule has 31 heavy (non-hydrogen) atoms. The van der Waals surface area contributed by atoms with Gasteiger partial charge in [0.2, 0.25) is 11.7 Å². The standard InChI is InChI=1S/C25H17FN2O3/c1-31-23-11-9-17(15-27-23)5-2-4-16-8-10-22-20(13-16)24(29)21(25(30)28-22)14-18-6-3-7-19(26)12-18/h3,6-15H,5H2,1H3,(H,28,30)/b21-14-. The molecule has 5 nitrogen and oxygen atoms in total. The molecule has 0 saturated carbocycles. The number of fused-ring (bicyclic) bond motifs is 1. The van der Waals surface area contributed by atoms with Crippen molar-refractivity contribution >= 4 is 23.5 Å². The summed E-state index contributed by atoms with van der Waals surface area (Å²) in [6, 6.07) is 14.4. The molecule has 1 aliphatic rings. The summed E-state index contributed by atoms with van der Waals surface area (Å²) < 4.78 is 18.5. The number of carbonyl (C=O) groups is 2. The number of methoxy groups -OCH3 is 1. The maximum atomic E-state index is 13.4. The molecule has 0 atom stereocenters. The summed E-state index contributed by atoms with van der Waals surface area (Å²) in [6.45, 7) is 0. The normalized spacial score (nSPS) is 13.8. The van der Waals surface area contributed by atoms with Crippen molar-refractivity contribution in [2.75, 3.05) is 12.4 Å². The van der Waals surface area contributed by atoms with Gasteiger partial charge in [-0.15, -0.1) is 0 Å². The molecular formula is C25H17FN2O3. The zero-order valence-corrected chi connectivity index (χ0v) is 16.6. The summed E-state index contributed by atoms with van der Waals surface area (Å²) >= 11 is 0. The Morgan fingerprint density at radius 1 is 1.13 bits per heavy atom. The summed E-state index contributed by atoms with van der Waals surface area (Å²) in [7, 11) is 1.56. The summed E-state index contributed by atoms with van der Waals surface area (Å²) in [5.41, 5.74) is 2.75. The highest BCUT2D eigenvalue weighted by molar-refractivity contribution is 6.36. The van der Waals surface area contributed by atoms with Gasteiger partial charge in [0.1, 0.15) is 5.82 Å². The van der Waals surface area contributed by atoms with E-state index in [9.17, 15) is 14.0 Å². The van der Waals surface area contributed by atoms with Gasteiger partial charge in [-0.05, 0) is 47.5 Å². The number of aromatic nitrogens is 1. The van der Waals surface area contributed by atoms with Crippen LogP contribution in [0.15, 0.2) is 66.4 Å². The predicted octanol–water partition coefficient (Wildman–Crippen LogP) is 4.04. The fourth-order valence-corrected chi connectivity index (χ4v) is 3.14. The molecule has 152 valence electrons. The lowest BCUT2D eigenvalue weighted by Crippen LogP contribution is -2.27. The van der Waals surface area contributed by atoms with Gasteiger partial charge in [0.05, 0.1) is 18.4 Å². The van der Waals surface area contributed by atoms with Crippen molar-refractivity contribution in [1.82, 2.24) is 4.98 Å². The minimum atomic E-state index is -0.521. The molecule has 0 radical (unpaired) electrons. The molecule has 6 heteroatoms. The highest BCUT2D eigenvalue weighted by Gasteiger charge is 2.28. The molecular weight excluding hydrogens is 395 g/mol. The molecule has 2 heterocycles. The van der Waals surface area contributed by atoms with E-state index in [1.165, 1.54) is 24.3 Å². The van der Waals surface area contributed by atoms with E-state index in [1.54, 1.807) is 43.6 Å². The topological polar surface area (TPSA) is 68.3 Å². The van der Waals surface area contributed by atoms with E-state index in [0.29, 0.717) is 34.7 Å². The molecule has 1 N–H and O–H groups in total. The number of benzene rings is 2. The van der Waals surface area contributed by atoms with Crippen LogP contribution in [-0.4, -0.2) is 23.8 Å². The van der Waals surface area contributed by atoms with Crippen molar-refractivity contribution in [2.45, 2.75) is 6.42 Å². The molecule has 0 fully saturated rings. The van der Waals surface area contributed by atoms with E-state index in [2.05, 4.69) is 22.1 Å². The van der Waals surface area contributed by atoms with Crippen molar-refractivity contribution in [3.8, 4) is 17.7 Å². The first-order valence-electron chi connectivity index (χ1n) is 9.48. The number of hydrogen-bond acceptors (Lipinski definition) is 4. The predicted molar refractivity (Wildman–Crippen MR) is 115 cm³/mol. The highest BCUT2D eigenvalue weighted by Crippen LogP contribution is 2.27. The zero-order chi connectivity index (χ0) is 21.8. The Labute approximate surface area is 178 Å². The molecule has 1 aromatic heterocycles. The summed E-state index contributed by atoms with van der Waals surface area (Å²) in [6.07, 6.45) is 3.57. The van der Waals surface area contributed by atoms with Gasteiger partial charge in [-0.3, -0.25) is 9.59 Å². The number of anilines is 1. The van der Waals surface area contributed by atoms with E-state index < -0.39 is 17.5 Å². The van der Waals surface area contributed by atoms with Crippen LogP contribution in [-0.2, 0) is 11.2 Å². The van der Waals surface area contributed by atoms with E-state index in [-0.39, 0.29) is 5.57 Å². The first kappa shape index (κ1) is 20.0. The monoisotopic (exact) mass is 412 g/mol. The van der Waals surface area contributed by atoms with Crippen LogP contribution in [0.1, 0.15) is 27.0 Å². The van der Waals surface area contributed by atoms with Crippen LogP contribution in [0.5, 0.6) is 5.88 Å². The van der Waals surface area contributed by atoms with Crippen molar-refractivity contribution in [1.29, 1.82) is 0 Å². The largest absolute Gasteiger partial charge is 0.481 e. The second kappa shape index (κ2) is 8.64. The number of hydrogen-bond donors (Lipinski definition) is 1. The van der Waals surface area contributed by atoms with Crippen LogP contribution in [0, 0.1) is 17.7 Å². The van der Waals surface area contributed by atoms with Crippen LogP contribution < -0.4 is 10.1 Å². The van der Waals surface area contributed by atoms with Crippen molar-refractivity contribution in [3.63, 3.8) is 0 Å². The van der Waals surface area contributed by atoms with E-state index in [1.807, 2.05) is 6.07 Å². The van der Waals surface area contributed by atoms with Crippen molar-refractivity contribution < 1.29 is 18.7 Å². The lowest BCUT2D eigenvalue weighted by molar-refractivity contribution is -0.112. The van der Waals surface area contributed by atoms with Crippen LogP contribution in [0.25, 0.3) is 6.08 Å². The summed E-state index contributed by atoms with van der Waals surface area (Å²) in [5.74, 6) is 5.24. The molecule has 0 aliphatic carbocycles. The van der Waals surface area contributed by atoms with Gasteiger partial charge in [-0.25, -0.2) is 9.37 Å². The number of halogens is 1. The second-order valence-corrected chi connectivity index (χ2v) is 6.84. The number of nitrogens with one attached hydrogen (secondary N) is 1. The smallest absolute Gasteiger partial charge is 0.259 e. The third kappa shape index (κ3) is 4.51. The quantitative estimate of drug-likeness (QED) is 0.401. The molecule has 0 saturated heterocycles. The maximum Gasteiger partial charge on any atom is 0.259 e. The Bertz CT molecular complexity index is 1270. The fourth-order valence-electron chi connectivity index (χ4n) is 3.14. The number of ketones is 1. The third-order valence-corrected chi connectivity index (χ3v) is 4.69. The molecule has 2 aromatic carbocycles. The Morgan fingerprint density at radius 2 is 2.00 bits per heavy atom. The SMILES string of the molecule is COc1ccc(CC#Cc2ccc3c(c2)C(=O)/C(=C/c2cccc(F)c2)C(=O)N3)cn1. The Balaban J connectivity index is 1.58. The van der Waals surface area contributed by atoms with Crippen LogP contribution in [0.2, 0.25) is 0 Å². The molecule has 1 aliphatic heterocycles. The first-order valence-corrected chi connectivity index (χ1v) is 9.48. The fraction of sp³-hybridized carbons (Fsp3) is 0.0800. The molecule has 3 aromatic rings. The van der Waals surface area contributed by atoms with Crippen molar-refractivity contribution in [2.24, 2.45) is 0 Å². The second-order valence-electron chi connectivity index (χ2n) is 6.84. The number of rotatable bonds is 3. The number of carbonyl (C=O) groups excluding carboxylic acids is 2. The Kier molecular flexibility index (Phi) is 5.59. The van der Waals surface area contributed by atoms with E-state index >= 15 is 0 Å². The van der Waals surface area contributed by atoms with E-state index in [0.717, 1.165) is 5.56 Å². The third-order valence-electron chi connectivity index (χ3n) is 4.69. The summed E-state index contributed by atoms with van der Waals surface area (Å²) in [5, 5.41) is 2.71. The van der Waals surface area contributed by atoms with Gasteiger partial charge in [-0.2, -0.15) is 0 Å². The molecule has 0 spiro atoms. The lowest BCUT2D eigenvalue weighted by Gasteiger charge is -2.18. The maximum absolute atomic E-state index is 13.4. The average molecular weight is 412 g/mol. The number of amides is 1. The number of ether oxygens (including phenoxy) is 1. The molecule has 0 unspecified atom stereocenters. The average Bonchev–Trinajstić information content (AvgIpc) is 2.77. The van der Waals surface area contributed by atoms with Gasteiger partial charge in [0.15, 0.2) is 0 Å². The first-order chi connectivity index (χ1) is 15.0. The lowest BCUT2D eigenvalue weighted by atomic mass is 9.93. The van der Waals surface area contributed by atoms with Crippen molar-refractivity contribution in [3.05, 3.63) is 94.4 Å². The van der Waals surface area contributed by atoms with Crippen LogP contribution >= 0.6 is 0 Å². The number of pyridine rings is 1. The minimum absolute atomic E-state index is 0.0486. The zero-order valence-electron chi connectivity index (χ0n) is 16.6. The van der Waals surface area contributed by atoms with Gasteiger partial charge in [0, 0.05) is 29.8 Å². The van der Waals surface area contributed by atoms with Crippen LogP contribution in [0.4, 0.5) is 10.1 Å². The molecule has 4 rings (SSSR count). The molecule has 1 amide bonds. The highest BCUT2D eigenvalue weighted by atomic mass is 19.1.